The number of hydrogen-bond donors (Lipinski definition) is 1. The molecule has 0 amide bonds. The summed E-state index contributed by atoms with van der Waals surface area (Å²) in [5, 5.41) is 4.45. The summed E-state index contributed by atoms with van der Waals surface area (Å²) in [6, 6.07) is 14.5. The summed E-state index contributed by atoms with van der Waals surface area (Å²) in [5.41, 5.74) is 5.06. The summed E-state index contributed by atoms with van der Waals surface area (Å²) in [4.78, 5) is 21.0. The number of aromatic nitrogens is 2. The zero-order valence-electron chi connectivity index (χ0n) is 17.6. The molecule has 1 aromatic heterocycles. The van der Waals surface area contributed by atoms with E-state index in [1.54, 1.807) is 6.92 Å². The average Bonchev–Trinajstić information content (AvgIpc) is 2.67. The largest absolute Gasteiger partial charge is 0.463 e. The Morgan fingerprint density at radius 1 is 1.17 bits per heavy atom. The van der Waals surface area contributed by atoms with Crippen LogP contribution < -0.4 is 5.32 Å². The maximum absolute atomic E-state index is 11.8. The molecule has 5 heteroatoms. The van der Waals surface area contributed by atoms with Crippen LogP contribution in [0.25, 0.3) is 16.5 Å². The van der Waals surface area contributed by atoms with E-state index in [-0.39, 0.29) is 12.0 Å². The van der Waals surface area contributed by atoms with Crippen molar-refractivity contribution in [2.75, 3.05) is 11.9 Å². The van der Waals surface area contributed by atoms with Gasteiger partial charge in [-0.25, -0.2) is 14.8 Å². The molecule has 0 bridgehead atoms. The molecule has 1 N–H and O–H groups in total. The van der Waals surface area contributed by atoms with E-state index in [0.29, 0.717) is 12.4 Å². The van der Waals surface area contributed by atoms with Crippen molar-refractivity contribution < 1.29 is 9.53 Å². The van der Waals surface area contributed by atoms with Crippen LogP contribution in [0.2, 0.25) is 0 Å². The van der Waals surface area contributed by atoms with Gasteiger partial charge in [0, 0.05) is 17.5 Å². The number of hydrogen-bond acceptors (Lipinski definition) is 5. The number of anilines is 1. The molecule has 5 nitrogen and oxygen atoms in total. The third-order valence-corrected chi connectivity index (χ3v) is 4.78. The monoisotopic (exact) mass is 389 g/mol. The van der Waals surface area contributed by atoms with Crippen molar-refractivity contribution in [2.24, 2.45) is 0 Å². The van der Waals surface area contributed by atoms with Gasteiger partial charge in [-0.2, -0.15) is 0 Å². The molecule has 1 atom stereocenters. The molecule has 0 saturated carbocycles. The van der Waals surface area contributed by atoms with Crippen LogP contribution in [0.1, 0.15) is 49.3 Å². The molecular weight excluding hydrogens is 362 g/mol. The second-order valence-corrected chi connectivity index (χ2v) is 7.21. The van der Waals surface area contributed by atoms with Gasteiger partial charge in [0.15, 0.2) is 0 Å². The van der Waals surface area contributed by atoms with Gasteiger partial charge in [0.25, 0.3) is 0 Å². The van der Waals surface area contributed by atoms with Crippen LogP contribution in [-0.4, -0.2) is 22.5 Å². The van der Waals surface area contributed by atoms with E-state index >= 15 is 0 Å². The topological polar surface area (TPSA) is 64.1 Å². The molecule has 2 aromatic carbocycles. The van der Waals surface area contributed by atoms with Crippen molar-refractivity contribution >= 4 is 28.3 Å². The standard InChI is InChI=1S/C24H27N3O2/c1-6-29-23(28)13-16(3)19-10-11-22-21(14-19)24(27-18(5)26-22)25-17(4)20-9-7-8-15(2)12-20/h7-14,17H,6H2,1-5H3,(H,25,26,27)/b16-13+/t17-/m1/s1. The summed E-state index contributed by atoms with van der Waals surface area (Å²) in [6.07, 6.45) is 1.52. The van der Waals surface area contributed by atoms with Crippen molar-refractivity contribution in [1.29, 1.82) is 0 Å². The average molecular weight is 389 g/mol. The lowest BCUT2D eigenvalue weighted by Crippen LogP contribution is -2.10. The Labute approximate surface area is 171 Å². The Morgan fingerprint density at radius 2 is 1.97 bits per heavy atom. The van der Waals surface area contributed by atoms with Crippen LogP contribution in [0, 0.1) is 13.8 Å². The first-order valence-corrected chi connectivity index (χ1v) is 9.84. The Hall–Kier alpha value is -3.21. The fourth-order valence-corrected chi connectivity index (χ4v) is 3.27. The number of rotatable bonds is 6. The van der Waals surface area contributed by atoms with Gasteiger partial charge in [0.2, 0.25) is 0 Å². The van der Waals surface area contributed by atoms with Crippen LogP contribution in [0.15, 0.2) is 48.5 Å². The number of esters is 1. The van der Waals surface area contributed by atoms with Gasteiger partial charge in [-0.05, 0) is 63.5 Å². The summed E-state index contributed by atoms with van der Waals surface area (Å²) < 4.78 is 5.02. The summed E-state index contributed by atoms with van der Waals surface area (Å²) in [6.45, 7) is 10.2. The third-order valence-electron chi connectivity index (χ3n) is 4.78. The number of allylic oxidation sites excluding steroid dienone is 1. The van der Waals surface area contributed by atoms with Crippen molar-refractivity contribution in [3.05, 3.63) is 71.1 Å². The van der Waals surface area contributed by atoms with Crippen LogP contribution >= 0.6 is 0 Å². The van der Waals surface area contributed by atoms with Gasteiger partial charge < -0.3 is 10.1 Å². The number of fused-ring (bicyclic) bond motifs is 1. The lowest BCUT2D eigenvalue weighted by molar-refractivity contribution is -0.137. The molecule has 0 aliphatic heterocycles. The minimum absolute atomic E-state index is 0.0900. The Balaban J connectivity index is 1.99. The minimum atomic E-state index is -0.336. The summed E-state index contributed by atoms with van der Waals surface area (Å²) in [5.74, 6) is 1.16. The van der Waals surface area contributed by atoms with E-state index in [9.17, 15) is 4.79 Å². The van der Waals surface area contributed by atoms with E-state index in [2.05, 4.69) is 53.4 Å². The van der Waals surface area contributed by atoms with E-state index in [1.807, 2.05) is 32.0 Å². The number of aryl methyl sites for hydroxylation is 2. The number of carbonyl (C=O) groups is 1. The van der Waals surface area contributed by atoms with Crippen molar-refractivity contribution in [3.8, 4) is 0 Å². The minimum Gasteiger partial charge on any atom is -0.463 e. The fourth-order valence-electron chi connectivity index (χ4n) is 3.27. The highest BCUT2D eigenvalue weighted by molar-refractivity contribution is 5.95. The van der Waals surface area contributed by atoms with Gasteiger partial charge in [-0.1, -0.05) is 35.9 Å². The number of ether oxygens (including phenoxy) is 1. The van der Waals surface area contributed by atoms with Crippen LogP contribution in [-0.2, 0) is 9.53 Å². The molecule has 3 aromatic rings. The lowest BCUT2D eigenvalue weighted by atomic mass is 10.0. The molecule has 1 heterocycles. The Morgan fingerprint density at radius 3 is 2.69 bits per heavy atom. The van der Waals surface area contributed by atoms with Crippen molar-refractivity contribution in [3.63, 3.8) is 0 Å². The smallest absolute Gasteiger partial charge is 0.331 e. The van der Waals surface area contributed by atoms with Gasteiger partial charge in [0.05, 0.1) is 12.1 Å². The van der Waals surface area contributed by atoms with E-state index < -0.39 is 0 Å². The summed E-state index contributed by atoms with van der Waals surface area (Å²) in [7, 11) is 0. The SMILES string of the molecule is CCOC(=O)/C=C(\C)c1ccc2nc(C)nc(N[C@H](C)c3cccc(C)c3)c2c1. The predicted molar refractivity (Wildman–Crippen MR) is 118 cm³/mol. The second kappa shape index (κ2) is 8.86. The number of carbonyl (C=O) groups excluding carboxylic acids is 1. The Bertz CT molecular complexity index is 1070. The van der Waals surface area contributed by atoms with E-state index in [4.69, 9.17) is 4.74 Å². The molecule has 0 aliphatic carbocycles. The highest BCUT2D eigenvalue weighted by Gasteiger charge is 2.12. The first-order chi connectivity index (χ1) is 13.9. The summed E-state index contributed by atoms with van der Waals surface area (Å²) >= 11 is 0. The van der Waals surface area contributed by atoms with E-state index in [0.717, 1.165) is 27.9 Å². The van der Waals surface area contributed by atoms with E-state index in [1.165, 1.54) is 17.2 Å². The zero-order chi connectivity index (χ0) is 21.0. The number of nitrogens with zero attached hydrogens (tertiary/aromatic N) is 2. The zero-order valence-corrected chi connectivity index (χ0v) is 17.6. The van der Waals surface area contributed by atoms with Crippen LogP contribution in [0.5, 0.6) is 0 Å². The Kier molecular flexibility index (Phi) is 6.27. The van der Waals surface area contributed by atoms with Gasteiger partial charge >= 0.3 is 5.97 Å². The third kappa shape index (κ3) is 4.99. The van der Waals surface area contributed by atoms with Gasteiger partial charge in [-0.15, -0.1) is 0 Å². The van der Waals surface area contributed by atoms with Crippen LogP contribution in [0.3, 0.4) is 0 Å². The molecular formula is C24H27N3O2. The molecule has 0 spiro atoms. The maximum Gasteiger partial charge on any atom is 0.331 e. The molecule has 0 radical (unpaired) electrons. The molecule has 150 valence electrons. The molecule has 0 aliphatic rings. The molecule has 0 saturated heterocycles. The predicted octanol–water partition coefficient (Wildman–Crippen LogP) is 5.39. The normalized spacial score (nSPS) is 12.7. The van der Waals surface area contributed by atoms with Crippen molar-refractivity contribution in [1.82, 2.24) is 9.97 Å². The molecule has 0 unspecified atom stereocenters. The first kappa shape index (κ1) is 20.5. The number of benzene rings is 2. The maximum atomic E-state index is 11.8. The molecule has 29 heavy (non-hydrogen) atoms. The van der Waals surface area contributed by atoms with Gasteiger partial charge in [-0.3, -0.25) is 0 Å². The highest BCUT2D eigenvalue weighted by Crippen LogP contribution is 2.28. The second-order valence-electron chi connectivity index (χ2n) is 7.21. The lowest BCUT2D eigenvalue weighted by Gasteiger charge is -2.18. The quantitative estimate of drug-likeness (QED) is 0.452. The highest BCUT2D eigenvalue weighted by atomic mass is 16.5. The van der Waals surface area contributed by atoms with Crippen molar-refractivity contribution in [2.45, 2.75) is 40.7 Å². The molecule has 3 rings (SSSR count). The van der Waals surface area contributed by atoms with Crippen LogP contribution in [0.4, 0.5) is 5.82 Å². The fraction of sp³-hybridized carbons (Fsp3) is 0.292. The van der Waals surface area contributed by atoms with Gasteiger partial charge in [0.1, 0.15) is 11.6 Å². The first-order valence-electron chi connectivity index (χ1n) is 9.84. The number of nitrogens with one attached hydrogen (secondary N) is 1. The molecule has 0 fully saturated rings.